The Hall–Kier alpha value is -2.26. The predicted molar refractivity (Wildman–Crippen MR) is 79.3 cm³/mol. The van der Waals surface area contributed by atoms with Gasteiger partial charge in [0.25, 0.3) is 0 Å². The molecule has 0 radical (unpaired) electrons. The van der Waals surface area contributed by atoms with E-state index in [0.717, 1.165) is 28.6 Å². The highest BCUT2D eigenvalue weighted by Crippen LogP contribution is 2.22. The lowest BCUT2D eigenvalue weighted by Crippen LogP contribution is -2.00. The molecule has 0 aliphatic rings. The average molecular weight is 264 g/mol. The Bertz CT molecular complexity index is 697. The summed E-state index contributed by atoms with van der Waals surface area (Å²) in [6.07, 6.45) is 4.53. The van der Waals surface area contributed by atoms with Gasteiger partial charge in [-0.15, -0.1) is 0 Å². The number of hydrogen-bond acceptors (Lipinski definition) is 3. The molecule has 0 spiro atoms. The van der Waals surface area contributed by atoms with E-state index in [1.165, 1.54) is 0 Å². The third-order valence-electron chi connectivity index (χ3n) is 3.41. The number of hydrogen-bond donors (Lipinski definition) is 1. The lowest BCUT2D eigenvalue weighted by molar-refractivity contribution is 0.167. The van der Waals surface area contributed by atoms with Crippen LogP contribution in [0.15, 0.2) is 60.9 Å². The second-order valence-corrected chi connectivity index (χ2v) is 4.83. The Kier molecular flexibility index (Phi) is 3.70. The standard InChI is InChI=1S/C17H16N2O/c20-17(9-7-15-5-1-2-10-18-15)14-6-8-16-13(12-14)4-3-11-19-16/h1-6,8,10-12,17,20H,7,9H2. The number of aryl methyl sites for hydroxylation is 1. The third kappa shape index (κ3) is 2.83. The monoisotopic (exact) mass is 264 g/mol. The molecule has 3 rings (SSSR count). The zero-order valence-electron chi connectivity index (χ0n) is 11.1. The van der Waals surface area contributed by atoms with Crippen LogP contribution in [-0.4, -0.2) is 15.1 Å². The zero-order valence-corrected chi connectivity index (χ0v) is 11.1. The quantitative estimate of drug-likeness (QED) is 0.786. The van der Waals surface area contributed by atoms with Crippen LogP contribution in [0.25, 0.3) is 10.9 Å². The molecule has 0 bridgehead atoms. The number of pyridine rings is 2. The first-order valence-corrected chi connectivity index (χ1v) is 6.75. The lowest BCUT2D eigenvalue weighted by Gasteiger charge is -2.11. The van der Waals surface area contributed by atoms with Crippen LogP contribution in [-0.2, 0) is 6.42 Å². The van der Waals surface area contributed by atoms with Crippen molar-refractivity contribution in [1.29, 1.82) is 0 Å². The minimum absolute atomic E-state index is 0.471. The molecule has 0 fully saturated rings. The highest BCUT2D eigenvalue weighted by atomic mass is 16.3. The molecular formula is C17H16N2O. The van der Waals surface area contributed by atoms with Crippen molar-refractivity contribution in [1.82, 2.24) is 9.97 Å². The van der Waals surface area contributed by atoms with Crippen LogP contribution in [0.4, 0.5) is 0 Å². The fraction of sp³-hybridized carbons (Fsp3) is 0.176. The van der Waals surface area contributed by atoms with Crippen molar-refractivity contribution in [3.05, 3.63) is 72.2 Å². The van der Waals surface area contributed by atoms with Crippen LogP contribution in [0, 0.1) is 0 Å². The summed E-state index contributed by atoms with van der Waals surface area (Å²) in [7, 11) is 0. The van der Waals surface area contributed by atoms with Gasteiger partial charge in [0.1, 0.15) is 0 Å². The normalized spacial score (nSPS) is 12.4. The molecule has 3 aromatic rings. The van der Waals surface area contributed by atoms with Crippen LogP contribution >= 0.6 is 0 Å². The summed E-state index contributed by atoms with van der Waals surface area (Å²) in [5.41, 5.74) is 2.89. The molecule has 20 heavy (non-hydrogen) atoms. The minimum Gasteiger partial charge on any atom is -0.388 e. The van der Waals surface area contributed by atoms with Gasteiger partial charge in [-0.3, -0.25) is 9.97 Å². The van der Waals surface area contributed by atoms with Crippen molar-refractivity contribution < 1.29 is 5.11 Å². The summed E-state index contributed by atoms with van der Waals surface area (Å²) in [5.74, 6) is 0. The Morgan fingerprint density at radius 2 is 1.85 bits per heavy atom. The highest BCUT2D eigenvalue weighted by Gasteiger charge is 2.09. The Morgan fingerprint density at radius 3 is 2.70 bits per heavy atom. The van der Waals surface area contributed by atoms with E-state index in [0.29, 0.717) is 6.42 Å². The first kappa shape index (κ1) is 12.8. The van der Waals surface area contributed by atoms with Gasteiger partial charge in [-0.1, -0.05) is 18.2 Å². The van der Waals surface area contributed by atoms with E-state index in [9.17, 15) is 5.11 Å². The van der Waals surface area contributed by atoms with Crippen molar-refractivity contribution in [2.45, 2.75) is 18.9 Å². The number of benzene rings is 1. The van der Waals surface area contributed by atoms with Gasteiger partial charge in [0.05, 0.1) is 11.6 Å². The van der Waals surface area contributed by atoms with Gasteiger partial charge in [0.2, 0.25) is 0 Å². The summed E-state index contributed by atoms with van der Waals surface area (Å²) >= 11 is 0. The molecule has 1 N–H and O–H groups in total. The summed E-state index contributed by atoms with van der Waals surface area (Å²) < 4.78 is 0. The highest BCUT2D eigenvalue weighted by molar-refractivity contribution is 5.78. The molecule has 3 heteroatoms. The SMILES string of the molecule is OC(CCc1ccccn1)c1ccc2ncccc2c1. The molecule has 1 atom stereocenters. The Balaban J connectivity index is 1.73. The fourth-order valence-electron chi connectivity index (χ4n) is 2.30. The smallest absolute Gasteiger partial charge is 0.0794 e. The van der Waals surface area contributed by atoms with Crippen LogP contribution in [0.3, 0.4) is 0 Å². The van der Waals surface area contributed by atoms with Gasteiger partial charge in [0, 0.05) is 23.5 Å². The van der Waals surface area contributed by atoms with E-state index in [-0.39, 0.29) is 0 Å². The van der Waals surface area contributed by atoms with Crippen molar-refractivity contribution in [2.75, 3.05) is 0 Å². The van der Waals surface area contributed by atoms with E-state index in [1.54, 1.807) is 12.4 Å². The number of aromatic nitrogens is 2. The molecule has 100 valence electrons. The molecular weight excluding hydrogens is 248 g/mol. The lowest BCUT2D eigenvalue weighted by atomic mass is 10.0. The molecule has 2 heterocycles. The van der Waals surface area contributed by atoms with E-state index in [2.05, 4.69) is 9.97 Å². The first-order chi connectivity index (χ1) is 9.83. The molecule has 1 aromatic carbocycles. The minimum atomic E-state index is -0.471. The second-order valence-electron chi connectivity index (χ2n) is 4.83. The molecule has 1 unspecified atom stereocenters. The van der Waals surface area contributed by atoms with Crippen molar-refractivity contribution in [2.24, 2.45) is 0 Å². The Morgan fingerprint density at radius 1 is 0.950 bits per heavy atom. The van der Waals surface area contributed by atoms with Crippen molar-refractivity contribution >= 4 is 10.9 Å². The maximum atomic E-state index is 10.3. The summed E-state index contributed by atoms with van der Waals surface area (Å²) in [6, 6.07) is 15.7. The van der Waals surface area contributed by atoms with Crippen molar-refractivity contribution in [3.8, 4) is 0 Å². The molecule has 0 amide bonds. The second kappa shape index (κ2) is 5.80. The van der Waals surface area contributed by atoms with Gasteiger partial charge < -0.3 is 5.11 Å². The van der Waals surface area contributed by atoms with Gasteiger partial charge in [0.15, 0.2) is 0 Å². The average Bonchev–Trinajstić information content (AvgIpc) is 2.53. The number of fused-ring (bicyclic) bond motifs is 1. The Labute approximate surface area is 117 Å². The van der Waals surface area contributed by atoms with Gasteiger partial charge >= 0.3 is 0 Å². The van der Waals surface area contributed by atoms with Crippen LogP contribution in [0.5, 0.6) is 0 Å². The zero-order chi connectivity index (χ0) is 13.8. The molecule has 0 saturated heterocycles. The van der Waals surface area contributed by atoms with E-state index >= 15 is 0 Å². The largest absolute Gasteiger partial charge is 0.388 e. The first-order valence-electron chi connectivity index (χ1n) is 6.75. The number of aliphatic hydroxyl groups excluding tert-OH is 1. The van der Waals surface area contributed by atoms with Gasteiger partial charge in [-0.2, -0.15) is 0 Å². The topological polar surface area (TPSA) is 46.0 Å². The summed E-state index contributed by atoms with van der Waals surface area (Å²) in [6.45, 7) is 0. The summed E-state index contributed by atoms with van der Waals surface area (Å²) in [5, 5.41) is 11.4. The van der Waals surface area contributed by atoms with Crippen LogP contribution < -0.4 is 0 Å². The maximum absolute atomic E-state index is 10.3. The predicted octanol–water partition coefficient (Wildman–Crippen LogP) is 3.30. The fourth-order valence-corrected chi connectivity index (χ4v) is 2.30. The van der Waals surface area contributed by atoms with E-state index in [1.807, 2.05) is 48.5 Å². The summed E-state index contributed by atoms with van der Waals surface area (Å²) in [4.78, 5) is 8.56. The molecule has 0 aliphatic carbocycles. The number of rotatable bonds is 4. The van der Waals surface area contributed by atoms with Gasteiger partial charge in [-0.05, 0) is 48.7 Å². The molecule has 3 nitrogen and oxygen atoms in total. The number of nitrogens with zero attached hydrogens (tertiary/aromatic N) is 2. The third-order valence-corrected chi connectivity index (χ3v) is 3.41. The molecule has 0 saturated carbocycles. The number of aliphatic hydroxyl groups is 1. The molecule has 2 aromatic heterocycles. The van der Waals surface area contributed by atoms with Gasteiger partial charge in [-0.25, -0.2) is 0 Å². The van der Waals surface area contributed by atoms with Crippen LogP contribution in [0.2, 0.25) is 0 Å². The van der Waals surface area contributed by atoms with E-state index in [4.69, 9.17) is 0 Å². The van der Waals surface area contributed by atoms with E-state index < -0.39 is 6.10 Å². The van der Waals surface area contributed by atoms with Crippen LogP contribution in [0.1, 0.15) is 23.8 Å². The maximum Gasteiger partial charge on any atom is 0.0794 e. The van der Waals surface area contributed by atoms with Crippen molar-refractivity contribution in [3.63, 3.8) is 0 Å². The molecule has 0 aliphatic heterocycles.